The summed E-state index contributed by atoms with van der Waals surface area (Å²) in [6.45, 7) is 5.24. The molecule has 5 rings (SSSR count). The average molecular weight is 669 g/mol. The summed E-state index contributed by atoms with van der Waals surface area (Å²) in [5.74, 6) is 0.256. The number of carbonyl (C=O) groups is 1. The Balaban J connectivity index is 1.57. The van der Waals surface area contributed by atoms with Gasteiger partial charge < -0.3 is 14.2 Å². The molecule has 1 aliphatic heterocycles. The molecule has 45 heavy (non-hydrogen) atoms. The lowest BCUT2D eigenvalue weighted by molar-refractivity contribution is -0.385. The lowest BCUT2D eigenvalue weighted by Gasteiger charge is -2.24. The molecule has 3 aromatic carbocycles. The Morgan fingerprint density at radius 2 is 1.89 bits per heavy atom. The number of nitro groups is 1. The van der Waals surface area contributed by atoms with E-state index in [-0.39, 0.29) is 24.5 Å². The largest absolute Gasteiger partial charge is 0.493 e. The number of allylic oxidation sites excluding steroid dienone is 1. The van der Waals surface area contributed by atoms with Crippen molar-refractivity contribution < 1.29 is 23.9 Å². The summed E-state index contributed by atoms with van der Waals surface area (Å²) in [4.78, 5) is 43.3. The first-order valence-corrected chi connectivity index (χ1v) is 15.3. The van der Waals surface area contributed by atoms with Gasteiger partial charge in [0, 0.05) is 27.2 Å². The molecular weight excluding hydrogens is 641 g/mol. The molecule has 0 saturated heterocycles. The van der Waals surface area contributed by atoms with E-state index in [0.717, 1.165) is 16.9 Å². The lowest BCUT2D eigenvalue weighted by atomic mass is 9.94. The van der Waals surface area contributed by atoms with Gasteiger partial charge in [-0.05, 0) is 62.2 Å². The molecule has 0 bridgehead atoms. The van der Waals surface area contributed by atoms with E-state index in [2.05, 4.69) is 4.99 Å². The van der Waals surface area contributed by atoms with Crippen LogP contribution in [0, 0.1) is 17.0 Å². The number of nitro benzene ring substituents is 1. The van der Waals surface area contributed by atoms with Crippen LogP contribution < -0.4 is 24.4 Å². The lowest BCUT2D eigenvalue weighted by Crippen LogP contribution is -2.40. The second-order valence-electron chi connectivity index (χ2n) is 10.0. The fraction of sp³-hybridized carbons (Fsp3) is 0.219. The number of ether oxygens (including phenoxy) is 3. The van der Waals surface area contributed by atoms with Crippen molar-refractivity contribution in [2.75, 3.05) is 13.7 Å². The standard InChI is InChI=1S/C32H27Cl2N3O7S/c1-5-43-31(39)28-18(3)35-32-36(29(28)20-8-6-17(2)24(14-20)37(40)41)30(38)27(45-32)13-19-7-11-25(26(12-19)42-4)44-16-21-9-10-22(33)15-23(21)34/h6-15,29H,5,16H2,1-4H3/b27-13+/t29-/m1/s1. The third-order valence-corrected chi connectivity index (χ3v) is 8.72. The quantitative estimate of drug-likeness (QED) is 0.124. The predicted molar refractivity (Wildman–Crippen MR) is 172 cm³/mol. The number of benzene rings is 3. The summed E-state index contributed by atoms with van der Waals surface area (Å²) < 4.78 is 18.5. The number of hydrogen-bond donors (Lipinski definition) is 0. The summed E-state index contributed by atoms with van der Waals surface area (Å²) in [5, 5.41) is 12.8. The minimum Gasteiger partial charge on any atom is -0.493 e. The van der Waals surface area contributed by atoms with Gasteiger partial charge in [0.05, 0.1) is 40.5 Å². The molecule has 13 heteroatoms. The number of carbonyl (C=O) groups excluding carboxylic acids is 1. The van der Waals surface area contributed by atoms with E-state index in [1.54, 1.807) is 75.4 Å². The van der Waals surface area contributed by atoms with E-state index in [1.165, 1.54) is 17.7 Å². The van der Waals surface area contributed by atoms with E-state index < -0.39 is 22.5 Å². The maximum Gasteiger partial charge on any atom is 0.338 e. The first kappa shape index (κ1) is 32.0. The Labute approximate surface area is 271 Å². The fourth-order valence-electron chi connectivity index (χ4n) is 4.94. The molecule has 0 fully saturated rings. The first-order valence-electron chi connectivity index (χ1n) is 13.7. The van der Waals surface area contributed by atoms with E-state index in [9.17, 15) is 19.7 Å². The number of esters is 1. The Kier molecular flexibility index (Phi) is 9.42. The maximum absolute atomic E-state index is 14.0. The molecule has 0 radical (unpaired) electrons. The smallest absolute Gasteiger partial charge is 0.338 e. The van der Waals surface area contributed by atoms with Gasteiger partial charge in [0.15, 0.2) is 16.3 Å². The second-order valence-corrected chi connectivity index (χ2v) is 11.9. The average Bonchev–Trinajstić information content (AvgIpc) is 3.30. The monoisotopic (exact) mass is 667 g/mol. The first-order chi connectivity index (χ1) is 21.5. The zero-order valence-corrected chi connectivity index (χ0v) is 27.0. The molecule has 1 atom stereocenters. The topological polar surface area (TPSA) is 122 Å². The Bertz CT molecular complexity index is 2050. The number of nitrogens with zero attached hydrogens (tertiary/aromatic N) is 3. The highest BCUT2D eigenvalue weighted by Gasteiger charge is 2.34. The highest BCUT2D eigenvalue weighted by atomic mass is 35.5. The summed E-state index contributed by atoms with van der Waals surface area (Å²) in [5.41, 5.74) is 2.19. The van der Waals surface area contributed by atoms with Crippen LogP contribution in [0.1, 0.15) is 42.1 Å². The molecule has 0 amide bonds. The molecule has 1 aromatic heterocycles. The van der Waals surface area contributed by atoms with Gasteiger partial charge in [0.1, 0.15) is 6.61 Å². The van der Waals surface area contributed by atoms with Crippen molar-refractivity contribution in [2.24, 2.45) is 4.99 Å². The molecule has 0 spiro atoms. The van der Waals surface area contributed by atoms with E-state index in [0.29, 0.717) is 53.3 Å². The van der Waals surface area contributed by atoms with Crippen LogP contribution in [0.3, 0.4) is 0 Å². The number of methoxy groups -OCH3 is 1. The van der Waals surface area contributed by atoms with Crippen molar-refractivity contribution >= 4 is 52.3 Å². The summed E-state index contributed by atoms with van der Waals surface area (Å²) >= 11 is 13.4. The third-order valence-electron chi connectivity index (χ3n) is 7.15. The van der Waals surface area contributed by atoms with Crippen LogP contribution in [0.25, 0.3) is 6.08 Å². The molecule has 10 nitrogen and oxygen atoms in total. The van der Waals surface area contributed by atoms with Crippen LogP contribution in [-0.2, 0) is 16.1 Å². The van der Waals surface area contributed by atoms with E-state index in [4.69, 9.17) is 37.4 Å². The van der Waals surface area contributed by atoms with Crippen molar-refractivity contribution in [3.63, 3.8) is 0 Å². The molecule has 0 N–H and O–H groups in total. The second kappa shape index (κ2) is 13.3. The van der Waals surface area contributed by atoms with Gasteiger partial charge in [0.2, 0.25) is 0 Å². The minimum atomic E-state index is -0.980. The van der Waals surface area contributed by atoms with E-state index in [1.807, 2.05) is 0 Å². The van der Waals surface area contributed by atoms with Crippen LogP contribution >= 0.6 is 34.5 Å². The molecule has 2 heterocycles. The van der Waals surface area contributed by atoms with Gasteiger partial charge in [-0.2, -0.15) is 0 Å². The zero-order valence-electron chi connectivity index (χ0n) is 24.6. The number of aryl methyl sites for hydroxylation is 1. The number of fused-ring (bicyclic) bond motifs is 1. The van der Waals surface area contributed by atoms with Crippen molar-refractivity contribution in [1.29, 1.82) is 0 Å². The van der Waals surface area contributed by atoms with Crippen molar-refractivity contribution in [1.82, 2.24) is 4.57 Å². The van der Waals surface area contributed by atoms with Gasteiger partial charge in [-0.25, -0.2) is 9.79 Å². The van der Waals surface area contributed by atoms with Crippen molar-refractivity contribution in [3.8, 4) is 11.5 Å². The van der Waals surface area contributed by atoms with Gasteiger partial charge in [-0.3, -0.25) is 19.5 Å². The highest BCUT2D eigenvalue weighted by Crippen LogP contribution is 2.34. The summed E-state index contributed by atoms with van der Waals surface area (Å²) in [6.07, 6.45) is 1.68. The SMILES string of the molecule is CCOC(=O)C1=C(C)N=c2s/c(=C/c3ccc(OCc4ccc(Cl)cc4Cl)c(OC)c3)c(=O)n2[C@@H]1c1ccc(C)c([N+](=O)[O-])c1. The molecule has 0 saturated carbocycles. The highest BCUT2D eigenvalue weighted by molar-refractivity contribution is 7.07. The number of thiazole rings is 1. The molecule has 232 valence electrons. The molecule has 1 aliphatic rings. The third kappa shape index (κ3) is 6.51. The van der Waals surface area contributed by atoms with Gasteiger partial charge >= 0.3 is 5.97 Å². The molecular formula is C32H27Cl2N3O7S. The van der Waals surface area contributed by atoms with Crippen LogP contribution in [0.5, 0.6) is 11.5 Å². The van der Waals surface area contributed by atoms with Crippen molar-refractivity contribution in [2.45, 2.75) is 33.4 Å². The predicted octanol–water partition coefficient (Wildman–Crippen LogP) is 5.91. The van der Waals surface area contributed by atoms with E-state index >= 15 is 0 Å². The Morgan fingerprint density at radius 3 is 2.58 bits per heavy atom. The van der Waals surface area contributed by atoms with Crippen LogP contribution in [0.2, 0.25) is 10.0 Å². The Hall–Kier alpha value is -4.45. The van der Waals surface area contributed by atoms with Gasteiger partial charge in [-0.15, -0.1) is 0 Å². The summed E-state index contributed by atoms with van der Waals surface area (Å²) in [7, 11) is 1.51. The molecule has 0 aliphatic carbocycles. The maximum atomic E-state index is 14.0. The van der Waals surface area contributed by atoms with Crippen molar-refractivity contribution in [3.05, 3.63) is 128 Å². The normalized spacial score (nSPS) is 14.5. The van der Waals surface area contributed by atoms with Gasteiger partial charge in [-0.1, -0.05) is 58.8 Å². The number of hydrogen-bond acceptors (Lipinski definition) is 9. The summed E-state index contributed by atoms with van der Waals surface area (Å²) in [6, 6.07) is 14.0. The Morgan fingerprint density at radius 1 is 1.11 bits per heavy atom. The zero-order chi connectivity index (χ0) is 32.4. The van der Waals surface area contributed by atoms with Crippen LogP contribution in [-0.4, -0.2) is 29.2 Å². The number of halogens is 2. The fourth-order valence-corrected chi connectivity index (χ4v) is 6.45. The van der Waals surface area contributed by atoms with Crippen LogP contribution in [0.15, 0.2) is 75.7 Å². The van der Waals surface area contributed by atoms with Crippen LogP contribution in [0.4, 0.5) is 5.69 Å². The molecule has 0 unspecified atom stereocenters. The van der Waals surface area contributed by atoms with Gasteiger partial charge in [0.25, 0.3) is 11.2 Å². The molecule has 4 aromatic rings. The number of aromatic nitrogens is 1. The number of rotatable bonds is 9. The minimum absolute atomic E-state index is 0.106.